The summed E-state index contributed by atoms with van der Waals surface area (Å²) in [5.41, 5.74) is 0.624. The maximum Gasteiger partial charge on any atom is 0.257 e. The molecule has 1 aromatic heterocycles. The normalized spacial score (nSPS) is 16.8. The Bertz CT molecular complexity index is 612. The van der Waals surface area contributed by atoms with E-state index in [0.29, 0.717) is 12.5 Å². The van der Waals surface area contributed by atoms with Crippen LogP contribution in [0.3, 0.4) is 0 Å². The van der Waals surface area contributed by atoms with Crippen LogP contribution in [0, 0.1) is 5.82 Å². The fourth-order valence-corrected chi connectivity index (χ4v) is 2.94. The molecule has 0 amide bonds. The molecule has 0 bridgehead atoms. The maximum absolute atomic E-state index is 13.0. The number of ether oxygens (including phenoxy) is 1. The van der Waals surface area contributed by atoms with Crippen molar-refractivity contribution in [3.05, 3.63) is 35.9 Å². The Morgan fingerprint density at radius 3 is 2.61 bits per heavy atom. The van der Waals surface area contributed by atoms with Crippen molar-refractivity contribution in [3.8, 4) is 11.5 Å². The zero-order chi connectivity index (χ0) is 15.4. The maximum atomic E-state index is 13.0. The number of hydrogen-bond acceptors (Lipinski definition) is 5. The van der Waals surface area contributed by atoms with Crippen LogP contribution in [0.4, 0.5) is 4.39 Å². The number of benzene rings is 1. The van der Waals surface area contributed by atoms with E-state index in [9.17, 15) is 4.39 Å². The molecule has 23 heavy (non-hydrogen) atoms. The van der Waals surface area contributed by atoms with Crippen LogP contribution in [0.15, 0.2) is 28.8 Å². The summed E-state index contributed by atoms with van der Waals surface area (Å²) in [6.07, 6.45) is 2.78. The SMILES string of the molecule is COCCC1(c2noc(-c3ccc(F)cc3)n2)CCNCC1.Cl. The molecule has 1 fully saturated rings. The predicted molar refractivity (Wildman–Crippen MR) is 87.2 cm³/mol. The van der Waals surface area contributed by atoms with Gasteiger partial charge in [0.25, 0.3) is 5.89 Å². The lowest BCUT2D eigenvalue weighted by Crippen LogP contribution is -2.41. The van der Waals surface area contributed by atoms with E-state index in [-0.39, 0.29) is 23.6 Å². The van der Waals surface area contributed by atoms with Crippen LogP contribution in [0.5, 0.6) is 0 Å². The monoisotopic (exact) mass is 341 g/mol. The molecule has 1 aliphatic heterocycles. The van der Waals surface area contributed by atoms with E-state index in [1.165, 1.54) is 12.1 Å². The minimum absolute atomic E-state index is 0. The minimum atomic E-state index is -0.279. The quantitative estimate of drug-likeness (QED) is 0.906. The average Bonchev–Trinajstić information content (AvgIpc) is 3.05. The van der Waals surface area contributed by atoms with Gasteiger partial charge in [0.05, 0.1) is 0 Å². The number of nitrogens with one attached hydrogen (secondary N) is 1. The van der Waals surface area contributed by atoms with E-state index < -0.39 is 0 Å². The molecule has 2 aromatic rings. The van der Waals surface area contributed by atoms with Gasteiger partial charge < -0.3 is 14.6 Å². The molecule has 1 N–H and O–H groups in total. The molecule has 2 heterocycles. The first kappa shape index (κ1) is 17.8. The Kier molecular flexibility index (Phi) is 6.10. The average molecular weight is 342 g/mol. The molecule has 1 aliphatic rings. The molecule has 126 valence electrons. The van der Waals surface area contributed by atoms with Crippen molar-refractivity contribution >= 4 is 12.4 Å². The van der Waals surface area contributed by atoms with E-state index in [2.05, 4.69) is 15.5 Å². The van der Waals surface area contributed by atoms with E-state index in [0.717, 1.165) is 43.7 Å². The summed E-state index contributed by atoms with van der Waals surface area (Å²) in [6.45, 7) is 2.54. The van der Waals surface area contributed by atoms with Gasteiger partial charge in [0.1, 0.15) is 5.82 Å². The van der Waals surface area contributed by atoms with Crippen LogP contribution in [-0.4, -0.2) is 36.9 Å². The van der Waals surface area contributed by atoms with Gasteiger partial charge in [0.2, 0.25) is 0 Å². The Morgan fingerprint density at radius 2 is 1.96 bits per heavy atom. The Labute approximate surface area is 141 Å². The minimum Gasteiger partial charge on any atom is -0.385 e. The number of halogens is 2. The standard InChI is InChI=1S/C16H20FN3O2.ClH/c1-21-11-8-16(6-9-18-10-7-16)15-19-14(22-20-15)12-2-4-13(17)5-3-12;/h2-5,18H,6-11H2,1H3;1H. The fraction of sp³-hybridized carbons (Fsp3) is 0.500. The van der Waals surface area contributed by atoms with Crippen molar-refractivity contribution in [2.45, 2.75) is 24.7 Å². The van der Waals surface area contributed by atoms with Crippen molar-refractivity contribution < 1.29 is 13.7 Å². The lowest BCUT2D eigenvalue weighted by molar-refractivity contribution is 0.146. The second-order valence-corrected chi connectivity index (χ2v) is 5.70. The van der Waals surface area contributed by atoms with Gasteiger partial charge in [-0.1, -0.05) is 5.16 Å². The molecule has 7 heteroatoms. The van der Waals surface area contributed by atoms with Crippen molar-refractivity contribution in [1.82, 2.24) is 15.5 Å². The lowest BCUT2D eigenvalue weighted by atomic mass is 9.75. The van der Waals surface area contributed by atoms with Crippen molar-refractivity contribution in [2.24, 2.45) is 0 Å². The van der Waals surface area contributed by atoms with Gasteiger partial charge in [-0.25, -0.2) is 4.39 Å². The van der Waals surface area contributed by atoms with Gasteiger partial charge in [-0.3, -0.25) is 0 Å². The van der Waals surface area contributed by atoms with Crippen LogP contribution < -0.4 is 5.32 Å². The zero-order valence-corrected chi connectivity index (χ0v) is 13.9. The highest BCUT2D eigenvalue weighted by Crippen LogP contribution is 2.36. The second kappa shape index (κ2) is 7.86. The summed E-state index contributed by atoms with van der Waals surface area (Å²) in [7, 11) is 1.70. The van der Waals surface area contributed by atoms with Gasteiger partial charge >= 0.3 is 0 Å². The molecule has 1 aromatic carbocycles. The first-order valence-electron chi connectivity index (χ1n) is 7.53. The topological polar surface area (TPSA) is 60.2 Å². The largest absolute Gasteiger partial charge is 0.385 e. The summed E-state index contributed by atoms with van der Waals surface area (Å²) in [6, 6.07) is 6.09. The third-order valence-electron chi connectivity index (χ3n) is 4.34. The number of hydrogen-bond donors (Lipinski definition) is 1. The van der Waals surface area contributed by atoms with Gasteiger partial charge in [-0.15, -0.1) is 12.4 Å². The lowest BCUT2D eigenvalue weighted by Gasteiger charge is -2.34. The highest BCUT2D eigenvalue weighted by atomic mass is 35.5. The summed E-state index contributed by atoms with van der Waals surface area (Å²) in [4.78, 5) is 4.58. The number of aromatic nitrogens is 2. The Hall–Kier alpha value is -1.50. The molecule has 1 saturated heterocycles. The molecule has 3 rings (SSSR count). The van der Waals surface area contributed by atoms with Gasteiger partial charge in [0, 0.05) is 24.7 Å². The van der Waals surface area contributed by atoms with Crippen LogP contribution in [0.1, 0.15) is 25.1 Å². The summed E-state index contributed by atoms with van der Waals surface area (Å²) in [5.74, 6) is 0.883. The first-order valence-corrected chi connectivity index (χ1v) is 7.53. The first-order chi connectivity index (χ1) is 10.7. The molecular weight excluding hydrogens is 321 g/mol. The van der Waals surface area contributed by atoms with E-state index >= 15 is 0 Å². The summed E-state index contributed by atoms with van der Waals surface area (Å²) in [5, 5.41) is 7.56. The van der Waals surface area contributed by atoms with E-state index in [4.69, 9.17) is 9.26 Å². The van der Waals surface area contributed by atoms with Gasteiger partial charge in [0.15, 0.2) is 5.82 Å². The molecule has 0 aliphatic carbocycles. The fourth-order valence-electron chi connectivity index (χ4n) is 2.94. The van der Waals surface area contributed by atoms with Crippen LogP contribution >= 0.6 is 12.4 Å². The van der Waals surface area contributed by atoms with Crippen LogP contribution in [0.2, 0.25) is 0 Å². The molecule has 0 spiro atoms. The third kappa shape index (κ3) is 3.88. The van der Waals surface area contributed by atoms with Crippen molar-refractivity contribution in [1.29, 1.82) is 0 Å². The molecule has 5 nitrogen and oxygen atoms in total. The van der Waals surface area contributed by atoms with Gasteiger partial charge in [-0.2, -0.15) is 4.98 Å². The summed E-state index contributed by atoms with van der Waals surface area (Å²) < 4.78 is 23.7. The van der Waals surface area contributed by atoms with Crippen molar-refractivity contribution in [3.63, 3.8) is 0 Å². The Balaban J connectivity index is 0.00000192. The molecule has 0 saturated carbocycles. The highest BCUT2D eigenvalue weighted by molar-refractivity contribution is 5.85. The van der Waals surface area contributed by atoms with E-state index in [1.54, 1.807) is 19.2 Å². The molecule has 0 radical (unpaired) electrons. The molecule has 0 unspecified atom stereocenters. The summed E-state index contributed by atoms with van der Waals surface area (Å²) >= 11 is 0. The second-order valence-electron chi connectivity index (χ2n) is 5.70. The number of nitrogens with zero attached hydrogens (tertiary/aromatic N) is 2. The number of piperidine rings is 1. The Morgan fingerprint density at radius 1 is 1.26 bits per heavy atom. The van der Waals surface area contributed by atoms with Crippen LogP contribution in [0.25, 0.3) is 11.5 Å². The van der Waals surface area contributed by atoms with Gasteiger partial charge in [-0.05, 0) is 56.6 Å². The zero-order valence-electron chi connectivity index (χ0n) is 13.0. The highest BCUT2D eigenvalue weighted by Gasteiger charge is 2.38. The molecule has 0 atom stereocenters. The number of methoxy groups -OCH3 is 1. The number of rotatable bonds is 5. The van der Waals surface area contributed by atoms with E-state index in [1.807, 2.05) is 0 Å². The smallest absolute Gasteiger partial charge is 0.257 e. The third-order valence-corrected chi connectivity index (χ3v) is 4.34. The predicted octanol–water partition coefficient (Wildman–Crippen LogP) is 2.96. The molecular formula is C16H21ClFN3O2. The van der Waals surface area contributed by atoms with Crippen molar-refractivity contribution in [2.75, 3.05) is 26.8 Å². The van der Waals surface area contributed by atoms with Crippen LogP contribution in [-0.2, 0) is 10.2 Å².